The average Bonchev–Trinajstić information content (AvgIpc) is 2.78. The Balaban J connectivity index is 1.91. The van der Waals surface area contributed by atoms with Crippen molar-refractivity contribution in [3.63, 3.8) is 0 Å². The third kappa shape index (κ3) is 3.62. The van der Waals surface area contributed by atoms with Crippen molar-refractivity contribution >= 4 is 28.2 Å². The SMILES string of the molecule is CC1CCCC(CNC(=O)c2sc(N(C)C)nc2N)C1. The van der Waals surface area contributed by atoms with Crippen molar-refractivity contribution < 1.29 is 4.79 Å². The van der Waals surface area contributed by atoms with E-state index < -0.39 is 0 Å². The van der Waals surface area contributed by atoms with Crippen LogP contribution in [0.4, 0.5) is 10.9 Å². The van der Waals surface area contributed by atoms with E-state index in [1.54, 1.807) is 0 Å². The van der Waals surface area contributed by atoms with Crippen LogP contribution in [0.15, 0.2) is 0 Å². The van der Waals surface area contributed by atoms with Gasteiger partial charge in [-0.15, -0.1) is 0 Å². The van der Waals surface area contributed by atoms with Crippen LogP contribution in [-0.4, -0.2) is 31.5 Å². The number of nitrogen functional groups attached to an aromatic ring is 1. The zero-order valence-electron chi connectivity index (χ0n) is 12.5. The predicted molar refractivity (Wildman–Crippen MR) is 84.3 cm³/mol. The van der Waals surface area contributed by atoms with Gasteiger partial charge in [-0.1, -0.05) is 31.1 Å². The van der Waals surface area contributed by atoms with Gasteiger partial charge in [-0.3, -0.25) is 4.79 Å². The maximum absolute atomic E-state index is 12.2. The number of carbonyl (C=O) groups is 1. The number of thiazole rings is 1. The van der Waals surface area contributed by atoms with E-state index in [1.165, 1.54) is 37.0 Å². The van der Waals surface area contributed by atoms with Crippen LogP contribution in [0.1, 0.15) is 42.3 Å². The van der Waals surface area contributed by atoms with Crippen molar-refractivity contribution in [1.82, 2.24) is 10.3 Å². The first-order chi connectivity index (χ1) is 9.47. The molecular weight excluding hydrogens is 272 g/mol. The highest BCUT2D eigenvalue weighted by atomic mass is 32.1. The summed E-state index contributed by atoms with van der Waals surface area (Å²) in [5, 5.41) is 3.78. The molecule has 0 spiro atoms. The molecule has 20 heavy (non-hydrogen) atoms. The quantitative estimate of drug-likeness (QED) is 0.894. The minimum Gasteiger partial charge on any atom is -0.382 e. The molecule has 2 unspecified atom stereocenters. The van der Waals surface area contributed by atoms with Crippen LogP contribution in [0.25, 0.3) is 0 Å². The van der Waals surface area contributed by atoms with Gasteiger partial charge in [0.15, 0.2) is 5.13 Å². The fraction of sp³-hybridized carbons (Fsp3) is 0.714. The van der Waals surface area contributed by atoms with Crippen molar-refractivity contribution in [1.29, 1.82) is 0 Å². The van der Waals surface area contributed by atoms with Gasteiger partial charge < -0.3 is 16.0 Å². The molecule has 0 radical (unpaired) electrons. The fourth-order valence-electron chi connectivity index (χ4n) is 2.74. The van der Waals surface area contributed by atoms with Crippen molar-refractivity contribution in [3.8, 4) is 0 Å². The third-order valence-electron chi connectivity index (χ3n) is 3.83. The molecule has 1 heterocycles. The fourth-order valence-corrected chi connectivity index (χ4v) is 3.56. The Morgan fingerprint density at radius 1 is 1.50 bits per heavy atom. The Morgan fingerprint density at radius 2 is 2.25 bits per heavy atom. The van der Waals surface area contributed by atoms with Crippen LogP contribution in [0.3, 0.4) is 0 Å². The van der Waals surface area contributed by atoms with E-state index in [0.717, 1.165) is 17.6 Å². The summed E-state index contributed by atoms with van der Waals surface area (Å²) in [7, 11) is 3.78. The largest absolute Gasteiger partial charge is 0.382 e. The summed E-state index contributed by atoms with van der Waals surface area (Å²) in [4.78, 5) is 18.8. The van der Waals surface area contributed by atoms with E-state index in [1.807, 2.05) is 19.0 Å². The topological polar surface area (TPSA) is 71.2 Å². The van der Waals surface area contributed by atoms with Crippen LogP contribution in [0, 0.1) is 11.8 Å². The van der Waals surface area contributed by atoms with Gasteiger partial charge in [0.2, 0.25) is 0 Å². The molecule has 1 aromatic rings. The second-order valence-corrected chi connectivity index (χ2v) is 6.93. The lowest BCUT2D eigenvalue weighted by atomic mass is 9.82. The summed E-state index contributed by atoms with van der Waals surface area (Å²) in [6, 6.07) is 0. The van der Waals surface area contributed by atoms with Crippen molar-refractivity contribution in [2.45, 2.75) is 32.6 Å². The number of hydrogen-bond acceptors (Lipinski definition) is 5. The number of nitrogens with two attached hydrogens (primary N) is 1. The zero-order valence-corrected chi connectivity index (χ0v) is 13.3. The Hall–Kier alpha value is -1.30. The minimum absolute atomic E-state index is 0.0914. The van der Waals surface area contributed by atoms with E-state index in [9.17, 15) is 4.79 Å². The second-order valence-electron chi connectivity index (χ2n) is 5.95. The summed E-state index contributed by atoms with van der Waals surface area (Å²) in [6.07, 6.45) is 5.01. The molecule has 1 amide bonds. The normalized spacial score (nSPS) is 22.6. The molecule has 1 fully saturated rings. The molecule has 2 atom stereocenters. The number of amides is 1. The molecule has 0 saturated heterocycles. The molecule has 0 aliphatic heterocycles. The number of carbonyl (C=O) groups excluding carboxylic acids is 1. The van der Waals surface area contributed by atoms with Crippen LogP contribution < -0.4 is 16.0 Å². The predicted octanol–water partition coefficient (Wildman–Crippen LogP) is 2.35. The van der Waals surface area contributed by atoms with Gasteiger partial charge in [0.25, 0.3) is 5.91 Å². The third-order valence-corrected chi connectivity index (χ3v) is 5.06. The summed E-state index contributed by atoms with van der Waals surface area (Å²) in [5.74, 6) is 1.61. The van der Waals surface area contributed by atoms with Crippen molar-refractivity contribution in [2.75, 3.05) is 31.3 Å². The van der Waals surface area contributed by atoms with E-state index in [-0.39, 0.29) is 5.91 Å². The maximum Gasteiger partial charge on any atom is 0.265 e. The summed E-state index contributed by atoms with van der Waals surface area (Å²) >= 11 is 1.34. The molecule has 1 aliphatic rings. The Labute approximate surface area is 124 Å². The van der Waals surface area contributed by atoms with Crippen LogP contribution in [-0.2, 0) is 0 Å². The van der Waals surface area contributed by atoms with Crippen LogP contribution >= 0.6 is 11.3 Å². The first-order valence-electron chi connectivity index (χ1n) is 7.19. The van der Waals surface area contributed by atoms with Gasteiger partial charge in [0.1, 0.15) is 10.7 Å². The lowest BCUT2D eigenvalue weighted by Gasteiger charge is -2.26. The first-order valence-corrected chi connectivity index (χ1v) is 8.00. The number of rotatable bonds is 4. The number of hydrogen-bond donors (Lipinski definition) is 2. The number of aromatic nitrogens is 1. The van der Waals surface area contributed by atoms with Gasteiger partial charge in [-0.2, -0.15) is 0 Å². The van der Waals surface area contributed by atoms with Crippen molar-refractivity contribution in [2.24, 2.45) is 11.8 Å². The van der Waals surface area contributed by atoms with Gasteiger partial charge in [0.05, 0.1) is 0 Å². The van der Waals surface area contributed by atoms with Gasteiger partial charge in [0, 0.05) is 20.6 Å². The molecule has 1 saturated carbocycles. The van der Waals surface area contributed by atoms with E-state index in [0.29, 0.717) is 16.6 Å². The molecule has 6 heteroatoms. The first kappa shape index (κ1) is 15.1. The second kappa shape index (κ2) is 6.43. The molecule has 0 aromatic carbocycles. The summed E-state index contributed by atoms with van der Waals surface area (Å²) < 4.78 is 0. The van der Waals surface area contributed by atoms with Gasteiger partial charge >= 0.3 is 0 Å². The standard InChI is InChI=1S/C14H24N4OS/c1-9-5-4-6-10(7-9)8-16-13(19)11-12(15)17-14(20-11)18(2)3/h9-10H,4-8,15H2,1-3H3,(H,16,19). The average molecular weight is 296 g/mol. The number of nitrogens with zero attached hydrogens (tertiary/aromatic N) is 2. The van der Waals surface area contributed by atoms with Crippen molar-refractivity contribution in [3.05, 3.63) is 4.88 Å². The minimum atomic E-state index is -0.0914. The monoisotopic (exact) mass is 296 g/mol. The van der Waals surface area contributed by atoms with Crippen LogP contribution in [0.2, 0.25) is 0 Å². The lowest BCUT2D eigenvalue weighted by molar-refractivity contribution is 0.0945. The highest BCUT2D eigenvalue weighted by Crippen LogP contribution is 2.29. The molecule has 1 aromatic heterocycles. The molecule has 3 N–H and O–H groups in total. The van der Waals surface area contributed by atoms with Crippen LogP contribution in [0.5, 0.6) is 0 Å². The molecule has 2 rings (SSSR count). The van der Waals surface area contributed by atoms with Gasteiger partial charge in [-0.05, 0) is 24.7 Å². The molecule has 0 bridgehead atoms. The molecular formula is C14H24N4OS. The Kier molecular flexibility index (Phi) is 4.86. The highest BCUT2D eigenvalue weighted by molar-refractivity contribution is 7.18. The smallest absolute Gasteiger partial charge is 0.265 e. The maximum atomic E-state index is 12.2. The van der Waals surface area contributed by atoms with Gasteiger partial charge in [-0.25, -0.2) is 4.98 Å². The zero-order chi connectivity index (χ0) is 14.7. The lowest BCUT2D eigenvalue weighted by Crippen LogP contribution is -2.31. The molecule has 112 valence electrons. The number of anilines is 2. The summed E-state index contributed by atoms with van der Waals surface area (Å²) in [6.45, 7) is 3.04. The van der Waals surface area contributed by atoms with E-state index in [4.69, 9.17) is 5.73 Å². The summed E-state index contributed by atoms with van der Waals surface area (Å²) in [5.41, 5.74) is 5.82. The van der Waals surface area contributed by atoms with E-state index >= 15 is 0 Å². The molecule has 5 nitrogen and oxygen atoms in total. The Bertz CT molecular complexity index is 472. The Morgan fingerprint density at radius 3 is 2.85 bits per heavy atom. The number of nitrogens with one attached hydrogen (secondary N) is 1. The molecule has 1 aliphatic carbocycles. The van der Waals surface area contributed by atoms with E-state index in [2.05, 4.69) is 17.2 Å². The highest BCUT2D eigenvalue weighted by Gasteiger charge is 2.21.